The summed E-state index contributed by atoms with van der Waals surface area (Å²) in [5.41, 5.74) is 0.429. The zero-order valence-corrected chi connectivity index (χ0v) is 13.0. The molecule has 0 N–H and O–H groups in total. The van der Waals surface area contributed by atoms with Crippen LogP contribution in [0, 0.1) is 0 Å². The highest BCUT2D eigenvalue weighted by molar-refractivity contribution is 7.16. The van der Waals surface area contributed by atoms with E-state index in [1.807, 2.05) is 6.07 Å². The molecular weight excluding hydrogens is 310 g/mol. The molecule has 1 aromatic carbocycles. The highest BCUT2D eigenvalue weighted by atomic mass is 35.5. The van der Waals surface area contributed by atoms with E-state index in [0.29, 0.717) is 28.5 Å². The number of carbonyl (C=O) groups is 2. The number of carbonyl (C=O) groups excluding carboxylic acids is 2. The second-order valence-electron chi connectivity index (χ2n) is 4.40. The largest absolute Gasteiger partial charge is 0.483 e. The molecule has 21 heavy (non-hydrogen) atoms. The molecule has 0 radical (unpaired) electrons. The van der Waals surface area contributed by atoms with Crippen molar-refractivity contribution in [3.8, 4) is 5.75 Å². The second kappa shape index (κ2) is 7.24. The van der Waals surface area contributed by atoms with Gasteiger partial charge < -0.3 is 9.64 Å². The molecule has 4 nitrogen and oxygen atoms in total. The van der Waals surface area contributed by atoms with E-state index in [-0.39, 0.29) is 12.5 Å². The third-order valence-electron chi connectivity index (χ3n) is 2.84. The molecule has 1 heterocycles. The molecule has 0 aliphatic heterocycles. The molecule has 1 amide bonds. The Morgan fingerprint density at radius 1 is 1.33 bits per heavy atom. The van der Waals surface area contributed by atoms with E-state index in [4.69, 9.17) is 16.3 Å². The Labute approximate surface area is 131 Å². The molecule has 0 aliphatic carbocycles. The molecule has 0 saturated carbocycles. The van der Waals surface area contributed by atoms with Crippen molar-refractivity contribution in [2.24, 2.45) is 0 Å². The maximum absolute atomic E-state index is 12.0. The van der Waals surface area contributed by atoms with Gasteiger partial charge in [-0.15, -0.1) is 11.3 Å². The number of thiophene rings is 1. The van der Waals surface area contributed by atoms with Crippen LogP contribution in [0.15, 0.2) is 36.4 Å². The monoisotopic (exact) mass is 323 g/mol. The van der Waals surface area contributed by atoms with Gasteiger partial charge in [0.25, 0.3) is 5.91 Å². The lowest BCUT2D eigenvalue weighted by Crippen LogP contribution is -2.30. The SMILES string of the molecule is CN(Cc1ccc(Cl)s1)C(=O)COc1ccccc1C=O. The zero-order valence-electron chi connectivity index (χ0n) is 11.4. The highest BCUT2D eigenvalue weighted by Gasteiger charge is 2.12. The number of ether oxygens (including phenoxy) is 1. The Bertz CT molecular complexity index is 641. The van der Waals surface area contributed by atoms with Crippen molar-refractivity contribution in [1.29, 1.82) is 0 Å². The van der Waals surface area contributed by atoms with Gasteiger partial charge in [-0.05, 0) is 24.3 Å². The van der Waals surface area contributed by atoms with Crippen molar-refractivity contribution >= 4 is 35.1 Å². The van der Waals surface area contributed by atoms with E-state index in [1.165, 1.54) is 11.3 Å². The molecule has 0 atom stereocenters. The number of halogens is 1. The fraction of sp³-hybridized carbons (Fsp3) is 0.200. The summed E-state index contributed by atoms with van der Waals surface area (Å²) in [5, 5.41) is 0. The van der Waals surface area contributed by atoms with Gasteiger partial charge in [0, 0.05) is 11.9 Å². The Hall–Kier alpha value is -1.85. The Morgan fingerprint density at radius 3 is 2.76 bits per heavy atom. The smallest absolute Gasteiger partial charge is 0.260 e. The second-order valence-corrected chi connectivity index (χ2v) is 6.20. The van der Waals surface area contributed by atoms with Gasteiger partial charge in [-0.3, -0.25) is 9.59 Å². The van der Waals surface area contributed by atoms with Gasteiger partial charge in [0.2, 0.25) is 0 Å². The number of rotatable bonds is 6. The fourth-order valence-electron chi connectivity index (χ4n) is 1.72. The summed E-state index contributed by atoms with van der Waals surface area (Å²) in [6, 6.07) is 10.5. The summed E-state index contributed by atoms with van der Waals surface area (Å²) < 4.78 is 6.11. The first-order valence-corrected chi connectivity index (χ1v) is 7.45. The van der Waals surface area contributed by atoms with E-state index in [0.717, 1.165) is 4.88 Å². The van der Waals surface area contributed by atoms with Gasteiger partial charge in [0.05, 0.1) is 16.4 Å². The quantitative estimate of drug-likeness (QED) is 0.767. The van der Waals surface area contributed by atoms with E-state index >= 15 is 0 Å². The molecule has 0 saturated heterocycles. The molecule has 0 spiro atoms. The van der Waals surface area contributed by atoms with E-state index in [2.05, 4.69) is 0 Å². The number of hydrogen-bond donors (Lipinski definition) is 0. The molecule has 0 aliphatic rings. The predicted molar refractivity (Wildman–Crippen MR) is 83.1 cm³/mol. The number of para-hydroxylation sites is 1. The maximum atomic E-state index is 12.0. The van der Waals surface area contributed by atoms with Crippen LogP contribution in [0.5, 0.6) is 5.75 Å². The van der Waals surface area contributed by atoms with Gasteiger partial charge in [-0.2, -0.15) is 0 Å². The van der Waals surface area contributed by atoms with Crippen LogP contribution in [-0.4, -0.2) is 30.7 Å². The molecule has 1 aromatic heterocycles. The van der Waals surface area contributed by atoms with Gasteiger partial charge in [0.1, 0.15) is 5.75 Å². The highest BCUT2D eigenvalue weighted by Crippen LogP contribution is 2.22. The lowest BCUT2D eigenvalue weighted by Gasteiger charge is -2.17. The average Bonchev–Trinajstić information content (AvgIpc) is 2.90. The zero-order chi connectivity index (χ0) is 15.2. The van der Waals surface area contributed by atoms with Crippen molar-refractivity contribution in [1.82, 2.24) is 4.90 Å². The molecule has 2 aromatic rings. The van der Waals surface area contributed by atoms with Crippen molar-refractivity contribution in [2.75, 3.05) is 13.7 Å². The van der Waals surface area contributed by atoms with Crippen LogP contribution in [0.2, 0.25) is 4.34 Å². The lowest BCUT2D eigenvalue weighted by atomic mass is 10.2. The third kappa shape index (κ3) is 4.31. The van der Waals surface area contributed by atoms with E-state index < -0.39 is 0 Å². The van der Waals surface area contributed by atoms with Gasteiger partial charge >= 0.3 is 0 Å². The minimum atomic E-state index is -0.166. The first-order chi connectivity index (χ1) is 10.1. The van der Waals surface area contributed by atoms with Crippen LogP contribution in [0.4, 0.5) is 0 Å². The lowest BCUT2D eigenvalue weighted by molar-refractivity contribution is -0.132. The number of benzene rings is 1. The summed E-state index contributed by atoms with van der Waals surface area (Å²) in [4.78, 5) is 25.4. The van der Waals surface area contributed by atoms with Gasteiger partial charge in [-0.25, -0.2) is 0 Å². The number of nitrogens with zero attached hydrogens (tertiary/aromatic N) is 1. The normalized spacial score (nSPS) is 10.2. The van der Waals surface area contributed by atoms with Crippen molar-refractivity contribution in [3.63, 3.8) is 0 Å². The van der Waals surface area contributed by atoms with Crippen LogP contribution >= 0.6 is 22.9 Å². The summed E-state index contributed by atoms with van der Waals surface area (Å²) in [6.07, 6.45) is 0.706. The third-order valence-corrected chi connectivity index (χ3v) is 4.06. The van der Waals surface area contributed by atoms with Crippen molar-refractivity contribution < 1.29 is 14.3 Å². The molecule has 110 valence electrons. The number of hydrogen-bond acceptors (Lipinski definition) is 4. The molecule has 2 rings (SSSR count). The average molecular weight is 324 g/mol. The first-order valence-electron chi connectivity index (χ1n) is 6.25. The maximum Gasteiger partial charge on any atom is 0.260 e. The van der Waals surface area contributed by atoms with Crippen LogP contribution in [-0.2, 0) is 11.3 Å². The molecule has 0 fully saturated rings. The van der Waals surface area contributed by atoms with E-state index in [1.54, 1.807) is 42.3 Å². The van der Waals surface area contributed by atoms with Crippen LogP contribution in [0.25, 0.3) is 0 Å². The number of amides is 1. The molecule has 0 unspecified atom stereocenters. The van der Waals surface area contributed by atoms with Gasteiger partial charge in [-0.1, -0.05) is 23.7 Å². The topological polar surface area (TPSA) is 46.6 Å². The van der Waals surface area contributed by atoms with Crippen molar-refractivity contribution in [3.05, 3.63) is 51.2 Å². The Kier molecular flexibility index (Phi) is 5.36. The first kappa shape index (κ1) is 15.5. The van der Waals surface area contributed by atoms with E-state index in [9.17, 15) is 9.59 Å². The van der Waals surface area contributed by atoms with Crippen LogP contribution in [0.3, 0.4) is 0 Å². The number of likely N-dealkylation sites (N-methyl/N-ethyl adjacent to an activating group) is 1. The predicted octanol–water partition coefficient (Wildman–Crippen LogP) is 3.25. The van der Waals surface area contributed by atoms with Crippen LogP contribution < -0.4 is 4.74 Å². The molecule has 0 bridgehead atoms. The summed E-state index contributed by atoms with van der Waals surface area (Å²) in [5.74, 6) is 0.244. The summed E-state index contributed by atoms with van der Waals surface area (Å²) >= 11 is 7.29. The Morgan fingerprint density at radius 2 is 2.10 bits per heavy atom. The molecular formula is C15H14ClNO3S. The van der Waals surface area contributed by atoms with Gasteiger partial charge in [0.15, 0.2) is 12.9 Å². The minimum absolute atomic E-state index is 0.111. The number of aldehydes is 1. The Balaban J connectivity index is 1.90. The fourth-order valence-corrected chi connectivity index (χ4v) is 2.86. The summed E-state index contributed by atoms with van der Waals surface area (Å²) in [6.45, 7) is 0.370. The molecule has 6 heteroatoms. The summed E-state index contributed by atoms with van der Waals surface area (Å²) in [7, 11) is 1.70. The minimum Gasteiger partial charge on any atom is -0.483 e. The van der Waals surface area contributed by atoms with Crippen LogP contribution in [0.1, 0.15) is 15.2 Å². The standard InChI is InChI=1S/C15H14ClNO3S/c1-17(8-12-6-7-14(16)21-12)15(19)10-20-13-5-3-2-4-11(13)9-18/h2-7,9H,8,10H2,1H3. The van der Waals surface area contributed by atoms with Crippen molar-refractivity contribution in [2.45, 2.75) is 6.54 Å².